The van der Waals surface area contributed by atoms with Gasteiger partial charge in [0, 0.05) is 39.2 Å². The van der Waals surface area contributed by atoms with Gasteiger partial charge >= 0.3 is 11.9 Å². The van der Waals surface area contributed by atoms with Gasteiger partial charge in [-0.2, -0.15) is 0 Å². The first-order chi connectivity index (χ1) is 24.2. The van der Waals surface area contributed by atoms with Crippen LogP contribution < -0.4 is 0 Å². The highest BCUT2D eigenvalue weighted by Crippen LogP contribution is 2.41. The van der Waals surface area contributed by atoms with Gasteiger partial charge in [0.05, 0.1) is 51.4 Å². The number of aliphatic hydroxyl groups is 1. The van der Waals surface area contributed by atoms with Gasteiger partial charge in [-0.1, -0.05) is 74.0 Å². The Labute approximate surface area is 303 Å². The topological polar surface area (TPSA) is 82.1 Å². The molecule has 8 nitrogen and oxygen atoms in total. The smallest absolute Gasteiger partial charge is 0.348 e. The minimum Gasteiger partial charge on any atom is -0.459 e. The second kappa shape index (κ2) is 20.3. The number of carbonyl (C=O) groups excluding carboxylic acids is 2. The molecule has 2 fully saturated rings. The number of rotatable bonds is 18. The number of quaternary nitrogens is 2. The van der Waals surface area contributed by atoms with Gasteiger partial charge in [-0.3, -0.25) is 4.79 Å². The molecule has 0 bridgehead atoms. The van der Waals surface area contributed by atoms with Gasteiger partial charge in [0.15, 0.2) is 0 Å². The summed E-state index contributed by atoms with van der Waals surface area (Å²) in [5.41, 5.74) is -0.278. The Bertz CT molecular complexity index is 1210. The monoisotopic (exact) mass is 697 g/mol. The van der Waals surface area contributed by atoms with Gasteiger partial charge in [-0.05, 0) is 71.4 Å². The highest BCUT2D eigenvalue weighted by molar-refractivity contribution is 5.86. The summed E-state index contributed by atoms with van der Waals surface area (Å²) in [7, 11) is 1.00. The van der Waals surface area contributed by atoms with Gasteiger partial charge in [-0.25, -0.2) is 4.79 Å². The molecule has 2 aliphatic rings. The lowest BCUT2D eigenvalue weighted by Gasteiger charge is -2.51. The zero-order chi connectivity index (χ0) is 36.6. The Morgan fingerprint density at radius 2 is 1.38 bits per heavy atom. The van der Waals surface area contributed by atoms with Crippen molar-refractivity contribution in [3.05, 3.63) is 71.8 Å². The average molecular weight is 697 g/mol. The lowest BCUT2D eigenvalue weighted by Crippen LogP contribution is -2.63. The number of aliphatic hydroxyl groups excluding tert-OH is 1. The van der Waals surface area contributed by atoms with E-state index in [2.05, 4.69) is 34.6 Å². The Morgan fingerprint density at radius 3 is 1.90 bits per heavy atom. The molecule has 4 rings (SSSR count). The Hall–Kier alpha value is -2.78. The predicted octanol–water partition coefficient (Wildman–Crippen LogP) is 7.75. The molecule has 0 radical (unpaired) electrons. The molecule has 50 heavy (non-hydrogen) atoms. The average Bonchev–Trinajstić information content (AvgIpc) is 3.64. The zero-order valence-corrected chi connectivity index (χ0v) is 32.3. The van der Waals surface area contributed by atoms with Crippen molar-refractivity contribution in [2.45, 2.75) is 136 Å². The maximum absolute atomic E-state index is 14.7. The molecule has 4 atom stereocenters. The number of esters is 2. The van der Waals surface area contributed by atoms with Crippen molar-refractivity contribution < 1.29 is 37.9 Å². The van der Waals surface area contributed by atoms with Crippen molar-refractivity contribution in [2.75, 3.05) is 46.4 Å². The molecular weight excluding hydrogens is 628 g/mol. The van der Waals surface area contributed by atoms with Crippen LogP contribution in [0.25, 0.3) is 0 Å². The number of unbranched alkanes of at least 4 members (excludes halogenated alkanes) is 3. The van der Waals surface area contributed by atoms with Gasteiger partial charge in [0.1, 0.15) is 6.10 Å². The fourth-order valence-electron chi connectivity index (χ4n) is 8.82. The number of hydrogen-bond donors (Lipinski definition) is 1. The van der Waals surface area contributed by atoms with E-state index in [9.17, 15) is 9.59 Å². The highest BCUT2D eigenvalue weighted by atomic mass is 16.7. The van der Waals surface area contributed by atoms with Crippen LogP contribution in [0, 0.1) is 0 Å². The van der Waals surface area contributed by atoms with Gasteiger partial charge in [0.25, 0.3) is 0 Å². The lowest BCUT2D eigenvalue weighted by atomic mass is 9.85. The molecule has 8 heteroatoms. The van der Waals surface area contributed by atoms with Crippen LogP contribution in [-0.2, 0) is 29.4 Å². The van der Waals surface area contributed by atoms with Crippen molar-refractivity contribution in [2.24, 2.45) is 0 Å². The summed E-state index contributed by atoms with van der Waals surface area (Å²) >= 11 is 0. The quantitative estimate of drug-likeness (QED) is 0.0743. The normalized spacial score (nSPS) is 20.8. The number of carbonyl (C=O) groups is 2. The lowest BCUT2D eigenvalue weighted by molar-refractivity contribution is -0.967. The summed E-state index contributed by atoms with van der Waals surface area (Å²) < 4.78 is 21.3. The third-order valence-corrected chi connectivity index (χ3v) is 12.0. The number of nitrogens with zero attached hydrogens (tertiary/aromatic N) is 2. The number of piperidine rings is 1. The highest BCUT2D eigenvalue weighted by Gasteiger charge is 2.52. The van der Waals surface area contributed by atoms with Crippen LogP contribution in [0.15, 0.2) is 60.7 Å². The second-order valence-corrected chi connectivity index (χ2v) is 14.4. The standard InChI is InChI=1S/C41H64N2O5.CH4O/c1-7-37-32-38(31-33(5)43(37)29-21-22-30-43)47-40(45)41(35-23-15-13-16-24-35,36-25-17-14-18-26-36)48-34(6)46-39(44)27-19-11-12-20-28-42(8-2,9-3)10-4;1-2/h13-18,23-26,33-34,37-38H,7-12,19-22,27-32H2,1-6H3;2H,1H3/q+2;. The SMILES string of the molecule is CCC1CC(OC(=O)C(OC(C)OC(=O)CCCCCC[N+](CC)(CC)CC)(c2ccccc2)c2ccccc2)CC(C)[N+]12CCCC2.CO. The third kappa shape index (κ3) is 9.96. The molecule has 2 aromatic carbocycles. The molecule has 4 unspecified atom stereocenters. The minimum atomic E-state index is -1.59. The van der Waals surface area contributed by atoms with E-state index in [-0.39, 0.29) is 12.1 Å². The van der Waals surface area contributed by atoms with E-state index in [1.54, 1.807) is 6.92 Å². The van der Waals surface area contributed by atoms with Crippen LogP contribution in [0.2, 0.25) is 0 Å². The predicted molar refractivity (Wildman–Crippen MR) is 200 cm³/mol. The second-order valence-electron chi connectivity index (χ2n) is 14.4. The Morgan fingerprint density at radius 1 is 0.840 bits per heavy atom. The van der Waals surface area contributed by atoms with Crippen molar-refractivity contribution in [1.82, 2.24) is 0 Å². The van der Waals surface area contributed by atoms with Gasteiger partial charge in [0.2, 0.25) is 11.9 Å². The van der Waals surface area contributed by atoms with Crippen molar-refractivity contribution in [3.63, 3.8) is 0 Å². The molecule has 2 heterocycles. The Kier molecular flexibility index (Phi) is 16.9. The van der Waals surface area contributed by atoms with Gasteiger partial charge < -0.3 is 28.3 Å². The molecule has 280 valence electrons. The first kappa shape index (κ1) is 41.6. The number of hydrogen-bond acceptors (Lipinski definition) is 6. The summed E-state index contributed by atoms with van der Waals surface area (Å²) in [6.45, 7) is 20.3. The maximum Gasteiger partial charge on any atom is 0.348 e. The van der Waals surface area contributed by atoms with Crippen LogP contribution in [0.4, 0.5) is 0 Å². The van der Waals surface area contributed by atoms with E-state index in [1.165, 1.54) is 38.9 Å². The zero-order valence-electron chi connectivity index (χ0n) is 32.3. The van der Waals surface area contributed by atoms with E-state index in [0.29, 0.717) is 29.6 Å². The van der Waals surface area contributed by atoms with Crippen molar-refractivity contribution in [1.29, 1.82) is 0 Å². The summed E-state index contributed by atoms with van der Waals surface area (Å²) in [5.74, 6) is -0.761. The largest absolute Gasteiger partial charge is 0.459 e. The van der Waals surface area contributed by atoms with E-state index in [0.717, 1.165) is 74.2 Å². The molecule has 1 spiro atoms. The summed E-state index contributed by atoms with van der Waals surface area (Å²) in [6.07, 6.45) is 8.51. The third-order valence-electron chi connectivity index (χ3n) is 12.0. The van der Waals surface area contributed by atoms with E-state index in [1.807, 2.05) is 60.7 Å². The first-order valence-electron chi connectivity index (χ1n) is 19.5. The first-order valence-corrected chi connectivity index (χ1v) is 19.5. The summed E-state index contributed by atoms with van der Waals surface area (Å²) in [5, 5.41) is 7.00. The van der Waals surface area contributed by atoms with Crippen LogP contribution in [-0.4, -0.2) is 96.9 Å². The molecule has 1 N–H and O–H groups in total. The van der Waals surface area contributed by atoms with Crippen molar-refractivity contribution in [3.8, 4) is 0 Å². The summed E-state index contributed by atoms with van der Waals surface area (Å²) in [4.78, 5) is 27.7. The summed E-state index contributed by atoms with van der Waals surface area (Å²) in [6, 6.07) is 20.0. The maximum atomic E-state index is 14.7. The van der Waals surface area contributed by atoms with Gasteiger partial charge in [-0.15, -0.1) is 0 Å². The molecule has 2 saturated heterocycles. The van der Waals surface area contributed by atoms with Crippen LogP contribution in [0.5, 0.6) is 0 Å². The van der Waals surface area contributed by atoms with Crippen LogP contribution in [0.1, 0.15) is 117 Å². The number of benzene rings is 2. The van der Waals surface area contributed by atoms with Crippen LogP contribution >= 0.6 is 0 Å². The molecule has 0 amide bonds. The number of ether oxygens (including phenoxy) is 3. The van der Waals surface area contributed by atoms with E-state index in [4.69, 9.17) is 19.3 Å². The van der Waals surface area contributed by atoms with E-state index >= 15 is 0 Å². The minimum absolute atomic E-state index is 0.203. The van der Waals surface area contributed by atoms with E-state index < -0.39 is 17.9 Å². The fraction of sp³-hybridized carbons (Fsp3) is 0.667. The fourth-order valence-corrected chi connectivity index (χ4v) is 8.82. The Balaban J connectivity index is 0.00000332. The molecule has 0 aromatic heterocycles. The molecular formula is C42H68N2O6+2. The van der Waals surface area contributed by atoms with Crippen molar-refractivity contribution >= 4 is 11.9 Å². The molecule has 0 aliphatic carbocycles. The molecule has 2 aromatic rings. The van der Waals surface area contributed by atoms with Crippen LogP contribution in [0.3, 0.4) is 0 Å². The molecule has 2 aliphatic heterocycles. The molecule has 0 saturated carbocycles.